The Labute approximate surface area is 184 Å². The second-order valence-electron chi connectivity index (χ2n) is 7.87. The van der Waals surface area contributed by atoms with Crippen LogP contribution < -0.4 is 10.5 Å². The molecular formula is C25H20N2O4S. The predicted octanol–water partition coefficient (Wildman–Crippen LogP) is 3.66. The molecule has 0 saturated heterocycles. The van der Waals surface area contributed by atoms with Gasteiger partial charge in [0.2, 0.25) is 15.9 Å². The Hall–Kier alpha value is -3.68. The Balaban J connectivity index is 1.60. The average molecular weight is 445 g/mol. The van der Waals surface area contributed by atoms with E-state index in [0.717, 1.165) is 26.9 Å². The fourth-order valence-electron chi connectivity index (χ4n) is 4.26. The van der Waals surface area contributed by atoms with Gasteiger partial charge in [-0.3, -0.25) is 4.79 Å². The summed E-state index contributed by atoms with van der Waals surface area (Å²) >= 11 is 0. The van der Waals surface area contributed by atoms with Crippen molar-refractivity contribution in [2.24, 2.45) is 5.73 Å². The maximum atomic E-state index is 13.4. The summed E-state index contributed by atoms with van der Waals surface area (Å²) < 4.78 is 29.2. The van der Waals surface area contributed by atoms with Crippen molar-refractivity contribution >= 4 is 48.2 Å². The minimum atomic E-state index is -4.06. The van der Waals surface area contributed by atoms with Gasteiger partial charge < -0.3 is 10.8 Å². The van der Waals surface area contributed by atoms with Crippen LogP contribution >= 0.6 is 0 Å². The standard InChI is InChI=1S/C25H20N2O4S/c26-25(29)21(14-15-4-10-19(28)11-5-15)27-32(30,31)22-13-9-18-7-6-16-2-1-3-17-8-12-20(22)24(18)23(16)17/h1-13,21,27-28H,14H2,(H2,26,29)/t21-/m0/s1. The second kappa shape index (κ2) is 7.47. The summed E-state index contributed by atoms with van der Waals surface area (Å²) in [5.41, 5.74) is 6.19. The monoisotopic (exact) mass is 444 g/mol. The number of aromatic hydroxyl groups is 1. The summed E-state index contributed by atoms with van der Waals surface area (Å²) in [6, 6.07) is 22.1. The molecule has 6 nitrogen and oxygen atoms in total. The smallest absolute Gasteiger partial charge is 0.241 e. The number of hydrogen-bond acceptors (Lipinski definition) is 4. The van der Waals surface area contributed by atoms with Gasteiger partial charge in [0.15, 0.2) is 0 Å². The Morgan fingerprint density at radius 3 is 2.09 bits per heavy atom. The molecule has 0 spiro atoms. The van der Waals surface area contributed by atoms with Gasteiger partial charge in [-0.15, -0.1) is 0 Å². The van der Waals surface area contributed by atoms with Crippen molar-refractivity contribution in [1.29, 1.82) is 0 Å². The summed E-state index contributed by atoms with van der Waals surface area (Å²) in [4.78, 5) is 12.2. The van der Waals surface area contributed by atoms with Gasteiger partial charge in [-0.25, -0.2) is 8.42 Å². The van der Waals surface area contributed by atoms with Crippen molar-refractivity contribution in [2.45, 2.75) is 17.4 Å². The molecular weight excluding hydrogens is 424 g/mol. The van der Waals surface area contributed by atoms with Gasteiger partial charge in [0.25, 0.3) is 0 Å². The molecule has 1 amide bonds. The fourth-order valence-corrected chi connectivity index (χ4v) is 5.67. The van der Waals surface area contributed by atoms with Crippen LogP contribution in [-0.2, 0) is 21.2 Å². The minimum Gasteiger partial charge on any atom is -0.508 e. The van der Waals surface area contributed by atoms with Crippen molar-refractivity contribution in [3.63, 3.8) is 0 Å². The van der Waals surface area contributed by atoms with Crippen molar-refractivity contribution in [1.82, 2.24) is 4.72 Å². The first kappa shape index (κ1) is 20.2. The van der Waals surface area contributed by atoms with Gasteiger partial charge in [0, 0.05) is 5.39 Å². The number of phenolic OH excluding ortho intramolecular Hbond substituents is 1. The molecule has 1 atom stereocenters. The third-order valence-electron chi connectivity index (χ3n) is 5.80. The molecule has 32 heavy (non-hydrogen) atoms. The van der Waals surface area contributed by atoms with Crippen LogP contribution in [0.3, 0.4) is 0 Å². The first-order valence-electron chi connectivity index (χ1n) is 10.1. The second-order valence-corrected chi connectivity index (χ2v) is 9.55. The van der Waals surface area contributed by atoms with Gasteiger partial charge in [0.05, 0.1) is 4.90 Å². The van der Waals surface area contributed by atoms with E-state index in [0.29, 0.717) is 10.9 Å². The summed E-state index contributed by atoms with van der Waals surface area (Å²) in [6.45, 7) is 0. The minimum absolute atomic E-state index is 0.0701. The molecule has 160 valence electrons. The van der Waals surface area contributed by atoms with Crippen LogP contribution in [-0.4, -0.2) is 25.5 Å². The molecule has 0 aliphatic carbocycles. The van der Waals surface area contributed by atoms with Gasteiger partial charge in [-0.2, -0.15) is 4.72 Å². The summed E-state index contributed by atoms with van der Waals surface area (Å²) in [6.07, 6.45) is 0.0701. The number of carbonyl (C=O) groups excluding carboxylic acids is 1. The number of rotatable bonds is 6. The molecule has 0 unspecified atom stereocenters. The third-order valence-corrected chi connectivity index (χ3v) is 7.33. The summed E-state index contributed by atoms with van der Waals surface area (Å²) in [5, 5.41) is 14.9. The highest BCUT2D eigenvalue weighted by atomic mass is 32.2. The van der Waals surface area contributed by atoms with E-state index in [1.165, 1.54) is 12.1 Å². The lowest BCUT2D eigenvalue weighted by Crippen LogP contribution is -2.45. The highest BCUT2D eigenvalue weighted by Crippen LogP contribution is 2.37. The number of primary amides is 1. The Morgan fingerprint density at radius 2 is 1.44 bits per heavy atom. The van der Waals surface area contributed by atoms with E-state index in [9.17, 15) is 18.3 Å². The Bertz CT molecular complexity index is 1560. The molecule has 4 N–H and O–H groups in total. The molecule has 0 radical (unpaired) electrons. The first-order valence-corrected chi connectivity index (χ1v) is 11.6. The zero-order valence-electron chi connectivity index (χ0n) is 16.9. The molecule has 0 aromatic heterocycles. The van der Waals surface area contributed by atoms with Crippen LogP contribution in [0.5, 0.6) is 5.75 Å². The number of phenols is 1. The maximum absolute atomic E-state index is 13.4. The van der Waals surface area contributed by atoms with Gasteiger partial charge in [-0.05, 0) is 57.1 Å². The quantitative estimate of drug-likeness (QED) is 0.347. The molecule has 7 heteroatoms. The maximum Gasteiger partial charge on any atom is 0.241 e. The normalized spacial score (nSPS) is 13.1. The number of hydrogen-bond donors (Lipinski definition) is 3. The van der Waals surface area contributed by atoms with E-state index in [2.05, 4.69) is 4.72 Å². The van der Waals surface area contributed by atoms with Gasteiger partial charge in [0.1, 0.15) is 11.8 Å². The van der Waals surface area contributed by atoms with E-state index >= 15 is 0 Å². The fraction of sp³-hybridized carbons (Fsp3) is 0.0800. The van der Waals surface area contributed by atoms with Crippen molar-refractivity contribution in [3.05, 3.63) is 84.4 Å². The van der Waals surface area contributed by atoms with E-state index in [4.69, 9.17) is 5.73 Å². The van der Waals surface area contributed by atoms with E-state index in [1.54, 1.807) is 30.3 Å². The lowest BCUT2D eigenvalue weighted by Gasteiger charge is -2.18. The third kappa shape index (κ3) is 3.41. The molecule has 5 aromatic rings. The topological polar surface area (TPSA) is 109 Å². The van der Waals surface area contributed by atoms with Crippen LogP contribution in [0.2, 0.25) is 0 Å². The zero-order chi connectivity index (χ0) is 22.5. The number of sulfonamides is 1. The largest absolute Gasteiger partial charge is 0.508 e. The van der Waals surface area contributed by atoms with E-state index in [1.807, 2.05) is 36.4 Å². The molecule has 0 aliphatic heterocycles. The first-order chi connectivity index (χ1) is 15.3. The molecule has 5 aromatic carbocycles. The Kier molecular flexibility index (Phi) is 4.73. The number of nitrogens with two attached hydrogens (primary N) is 1. The lowest BCUT2D eigenvalue weighted by molar-refractivity contribution is -0.119. The number of nitrogens with one attached hydrogen (secondary N) is 1. The summed E-state index contributed by atoms with van der Waals surface area (Å²) in [7, 11) is -4.06. The van der Waals surface area contributed by atoms with Crippen LogP contribution in [0.1, 0.15) is 5.56 Å². The van der Waals surface area contributed by atoms with Crippen molar-refractivity contribution < 1.29 is 18.3 Å². The van der Waals surface area contributed by atoms with E-state index in [-0.39, 0.29) is 17.1 Å². The van der Waals surface area contributed by atoms with Gasteiger partial charge >= 0.3 is 0 Å². The molecule has 5 rings (SSSR count). The highest BCUT2D eigenvalue weighted by molar-refractivity contribution is 7.89. The zero-order valence-corrected chi connectivity index (χ0v) is 17.8. The molecule has 0 heterocycles. The SMILES string of the molecule is NC(=O)[C@H](Cc1ccc(O)cc1)NS(=O)(=O)c1ccc2ccc3cccc4ccc1c2c34. The average Bonchev–Trinajstić information content (AvgIpc) is 2.78. The predicted molar refractivity (Wildman–Crippen MR) is 125 cm³/mol. The van der Waals surface area contributed by atoms with Crippen molar-refractivity contribution in [3.8, 4) is 5.75 Å². The molecule has 0 aliphatic rings. The molecule has 0 saturated carbocycles. The van der Waals surface area contributed by atoms with E-state index < -0.39 is 22.0 Å². The van der Waals surface area contributed by atoms with Crippen LogP contribution in [0.4, 0.5) is 0 Å². The molecule has 0 bridgehead atoms. The van der Waals surface area contributed by atoms with Gasteiger partial charge in [-0.1, -0.05) is 60.7 Å². The van der Waals surface area contributed by atoms with Crippen LogP contribution in [0.15, 0.2) is 83.8 Å². The lowest BCUT2D eigenvalue weighted by atomic mass is 9.94. The Morgan fingerprint density at radius 1 is 0.844 bits per heavy atom. The number of benzene rings is 5. The molecule has 0 fully saturated rings. The van der Waals surface area contributed by atoms with Crippen molar-refractivity contribution in [2.75, 3.05) is 0 Å². The number of amides is 1. The summed E-state index contributed by atoms with van der Waals surface area (Å²) in [5.74, 6) is -0.696. The van der Waals surface area contributed by atoms with Crippen LogP contribution in [0, 0.1) is 0 Å². The van der Waals surface area contributed by atoms with Crippen LogP contribution in [0.25, 0.3) is 32.3 Å². The number of carbonyl (C=O) groups is 1. The highest BCUT2D eigenvalue weighted by Gasteiger charge is 2.26.